The van der Waals surface area contributed by atoms with Gasteiger partial charge in [0.25, 0.3) is 5.91 Å². The smallest absolute Gasteiger partial charge is 0.437 e. The lowest BCUT2D eigenvalue weighted by Gasteiger charge is -2.13. The van der Waals surface area contributed by atoms with Gasteiger partial charge in [-0.3, -0.25) is 14.9 Å². The van der Waals surface area contributed by atoms with Gasteiger partial charge in [0.2, 0.25) is 5.89 Å². The van der Waals surface area contributed by atoms with Gasteiger partial charge in [0.1, 0.15) is 12.4 Å². The number of imide groups is 1. The third-order valence-corrected chi connectivity index (χ3v) is 3.92. The maximum Gasteiger partial charge on any atom is 0.437 e. The fourth-order valence-corrected chi connectivity index (χ4v) is 2.42. The van der Waals surface area contributed by atoms with Crippen molar-refractivity contribution in [2.75, 3.05) is 5.32 Å². The molecule has 0 radical (unpaired) electrons. The minimum absolute atomic E-state index is 0.110. The second kappa shape index (κ2) is 9.48. The van der Waals surface area contributed by atoms with Crippen molar-refractivity contribution in [2.24, 2.45) is 0 Å². The molecule has 0 aliphatic rings. The number of nitrogens with zero attached hydrogens (tertiary/aromatic N) is 2. The fourth-order valence-electron chi connectivity index (χ4n) is 2.42. The van der Waals surface area contributed by atoms with Crippen LogP contribution < -0.4 is 16.4 Å². The minimum atomic E-state index is -1.31. The van der Waals surface area contributed by atoms with E-state index in [0.717, 1.165) is 12.1 Å². The fraction of sp³-hybridized carbons (Fsp3) is 0.150. The first-order valence-corrected chi connectivity index (χ1v) is 9.02. The standard InChI is InChI=1S/C20H17FN4O6/c1-12(17(27)23-19(28)22-15-5-3-2-4-6-15)30-16(26)11-25-20(29)31-18(24-25)13-7-9-14(21)10-8-13/h2-10,12H,11H2,1H3,(H2,22,23,27,28). The number of anilines is 1. The van der Waals surface area contributed by atoms with Crippen LogP contribution in [0, 0.1) is 5.82 Å². The van der Waals surface area contributed by atoms with E-state index in [4.69, 9.17) is 9.15 Å². The van der Waals surface area contributed by atoms with Crippen molar-refractivity contribution in [1.29, 1.82) is 0 Å². The number of carbonyl (C=O) groups excluding carboxylic acids is 3. The molecule has 1 heterocycles. The molecule has 2 aromatic carbocycles. The molecule has 0 aliphatic heterocycles. The highest BCUT2D eigenvalue weighted by Crippen LogP contribution is 2.15. The van der Waals surface area contributed by atoms with E-state index < -0.39 is 42.1 Å². The van der Waals surface area contributed by atoms with Crippen molar-refractivity contribution in [3.05, 3.63) is 71.0 Å². The number of hydrogen-bond donors (Lipinski definition) is 2. The third kappa shape index (κ3) is 5.85. The summed E-state index contributed by atoms with van der Waals surface area (Å²) >= 11 is 0. The Morgan fingerprint density at radius 2 is 1.81 bits per heavy atom. The summed E-state index contributed by atoms with van der Waals surface area (Å²) in [5.41, 5.74) is 0.808. The molecule has 0 saturated heterocycles. The SMILES string of the molecule is CC(OC(=O)Cn1nc(-c2ccc(F)cc2)oc1=O)C(=O)NC(=O)Nc1ccccc1. The Morgan fingerprint density at radius 1 is 1.13 bits per heavy atom. The molecule has 0 bridgehead atoms. The quantitative estimate of drug-likeness (QED) is 0.573. The number of ether oxygens (including phenoxy) is 1. The summed E-state index contributed by atoms with van der Waals surface area (Å²) < 4.78 is 23.6. The van der Waals surface area contributed by atoms with E-state index in [1.807, 2.05) is 5.32 Å². The summed E-state index contributed by atoms with van der Waals surface area (Å²) in [6, 6.07) is 12.7. The Bertz CT molecular complexity index is 1140. The van der Waals surface area contributed by atoms with E-state index >= 15 is 0 Å². The van der Waals surface area contributed by atoms with Crippen LogP contribution in [0.4, 0.5) is 14.9 Å². The number of hydrogen-bond acceptors (Lipinski definition) is 7. The number of rotatable bonds is 6. The van der Waals surface area contributed by atoms with E-state index in [0.29, 0.717) is 15.9 Å². The van der Waals surface area contributed by atoms with Gasteiger partial charge in [-0.05, 0) is 43.3 Å². The molecule has 10 nitrogen and oxygen atoms in total. The Labute approximate surface area is 174 Å². The molecule has 1 unspecified atom stereocenters. The van der Waals surface area contributed by atoms with Crippen LogP contribution in [0.1, 0.15) is 6.92 Å². The van der Waals surface area contributed by atoms with Gasteiger partial charge >= 0.3 is 17.8 Å². The predicted molar refractivity (Wildman–Crippen MR) is 105 cm³/mol. The monoisotopic (exact) mass is 428 g/mol. The molecule has 31 heavy (non-hydrogen) atoms. The van der Waals surface area contributed by atoms with E-state index in [2.05, 4.69) is 10.4 Å². The molecule has 11 heteroatoms. The van der Waals surface area contributed by atoms with E-state index in [-0.39, 0.29) is 5.89 Å². The van der Waals surface area contributed by atoms with Crippen LogP contribution in [0.2, 0.25) is 0 Å². The molecule has 160 valence electrons. The molecule has 0 spiro atoms. The van der Waals surface area contributed by atoms with Crippen LogP contribution in [0.5, 0.6) is 0 Å². The summed E-state index contributed by atoms with van der Waals surface area (Å²) in [5.74, 6) is -3.33. The summed E-state index contributed by atoms with van der Waals surface area (Å²) in [4.78, 5) is 47.8. The van der Waals surface area contributed by atoms with Crippen LogP contribution in [-0.4, -0.2) is 33.8 Å². The van der Waals surface area contributed by atoms with Crippen molar-refractivity contribution in [2.45, 2.75) is 19.6 Å². The third-order valence-electron chi connectivity index (χ3n) is 3.92. The van der Waals surface area contributed by atoms with Crippen molar-refractivity contribution in [3.63, 3.8) is 0 Å². The van der Waals surface area contributed by atoms with Gasteiger partial charge in [-0.15, -0.1) is 5.10 Å². The number of carbonyl (C=O) groups is 3. The molecule has 0 fully saturated rings. The average molecular weight is 428 g/mol. The first-order chi connectivity index (χ1) is 14.8. The lowest BCUT2D eigenvalue weighted by molar-refractivity contribution is -0.155. The van der Waals surface area contributed by atoms with E-state index in [1.165, 1.54) is 19.1 Å². The van der Waals surface area contributed by atoms with Gasteiger partial charge in [0, 0.05) is 11.3 Å². The molecular weight excluding hydrogens is 411 g/mol. The van der Waals surface area contributed by atoms with Gasteiger partial charge in [-0.2, -0.15) is 4.68 Å². The Morgan fingerprint density at radius 3 is 2.48 bits per heavy atom. The number of amides is 3. The molecule has 1 atom stereocenters. The normalized spacial score (nSPS) is 11.4. The lowest BCUT2D eigenvalue weighted by atomic mass is 10.2. The zero-order chi connectivity index (χ0) is 22.4. The number of nitrogens with one attached hydrogen (secondary N) is 2. The van der Waals surface area contributed by atoms with Crippen molar-refractivity contribution < 1.29 is 27.9 Å². The zero-order valence-electron chi connectivity index (χ0n) is 16.2. The maximum absolute atomic E-state index is 13.0. The van der Waals surface area contributed by atoms with E-state index in [9.17, 15) is 23.6 Å². The highest BCUT2D eigenvalue weighted by atomic mass is 19.1. The van der Waals surface area contributed by atoms with Gasteiger partial charge in [-0.1, -0.05) is 18.2 Å². The van der Waals surface area contributed by atoms with Crippen LogP contribution in [-0.2, 0) is 20.9 Å². The molecule has 3 rings (SSSR count). The van der Waals surface area contributed by atoms with Crippen LogP contribution >= 0.6 is 0 Å². The zero-order valence-corrected chi connectivity index (χ0v) is 16.2. The molecule has 0 saturated carbocycles. The lowest BCUT2D eigenvalue weighted by Crippen LogP contribution is -2.42. The molecule has 2 N–H and O–H groups in total. The number of aromatic nitrogens is 2. The maximum atomic E-state index is 13.0. The summed E-state index contributed by atoms with van der Waals surface area (Å²) in [5, 5.41) is 8.33. The Hall–Kier alpha value is -4.28. The van der Waals surface area contributed by atoms with Gasteiger partial charge in [-0.25, -0.2) is 14.0 Å². The number of urea groups is 1. The summed E-state index contributed by atoms with van der Waals surface area (Å²) in [7, 11) is 0. The van der Waals surface area contributed by atoms with Crippen LogP contribution in [0.15, 0.2) is 63.8 Å². The van der Waals surface area contributed by atoms with E-state index in [1.54, 1.807) is 30.3 Å². The largest absolute Gasteiger partial charge is 0.451 e. The van der Waals surface area contributed by atoms with Crippen LogP contribution in [0.3, 0.4) is 0 Å². The molecule has 0 aliphatic carbocycles. The molecular formula is C20H17FN4O6. The molecule has 1 aromatic heterocycles. The second-order valence-electron chi connectivity index (χ2n) is 6.28. The highest BCUT2D eigenvalue weighted by molar-refractivity contribution is 6.02. The number of halogens is 1. The van der Waals surface area contributed by atoms with Crippen molar-refractivity contribution in [1.82, 2.24) is 15.1 Å². The van der Waals surface area contributed by atoms with Gasteiger partial charge < -0.3 is 14.5 Å². The molecule has 3 amide bonds. The Kier molecular flexibility index (Phi) is 6.55. The highest BCUT2D eigenvalue weighted by Gasteiger charge is 2.22. The van der Waals surface area contributed by atoms with Crippen molar-refractivity contribution in [3.8, 4) is 11.5 Å². The topological polar surface area (TPSA) is 133 Å². The Balaban J connectivity index is 1.54. The second-order valence-corrected chi connectivity index (χ2v) is 6.28. The number of esters is 1. The average Bonchev–Trinajstić information content (AvgIpc) is 3.09. The van der Waals surface area contributed by atoms with Crippen LogP contribution in [0.25, 0.3) is 11.5 Å². The minimum Gasteiger partial charge on any atom is -0.451 e. The first-order valence-electron chi connectivity index (χ1n) is 9.02. The summed E-state index contributed by atoms with van der Waals surface area (Å²) in [6.07, 6.45) is -1.31. The predicted octanol–water partition coefficient (Wildman–Crippen LogP) is 1.92. The first kappa shape index (κ1) is 21.4. The van der Waals surface area contributed by atoms with Crippen molar-refractivity contribution >= 4 is 23.6 Å². The summed E-state index contributed by atoms with van der Waals surface area (Å²) in [6.45, 7) is 0.635. The number of benzene rings is 2. The number of para-hydroxylation sites is 1. The van der Waals surface area contributed by atoms with Gasteiger partial charge in [0.05, 0.1) is 0 Å². The van der Waals surface area contributed by atoms with Gasteiger partial charge in [0.15, 0.2) is 6.10 Å². The molecule has 3 aromatic rings.